The predicted molar refractivity (Wildman–Crippen MR) is 189 cm³/mol. The van der Waals surface area contributed by atoms with Gasteiger partial charge in [0, 0.05) is 73.3 Å². The van der Waals surface area contributed by atoms with Gasteiger partial charge in [0.05, 0.1) is 54.1 Å². The Kier molecular flexibility index (Phi) is 20.3. The lowest BCUT2D eigenvalue weighted by Gasteiger charge is -2.21. The Morgan fingerprint density at radius 2 is 0.760 bits per heavy atom. The maximum atomic E-state index is 12.7. The second kappa shape index (κ2) is 24.1. The fourth-order valence-electron chi connectivity index (χ4n) is 4.36. The molecule has 0 saturated heterocycles. The van der Waals surface area contributed by atoms with Crippen molar-refractivity contribution in [1.82, 2.24) is 20.4 Å². The zero-order chi connectivity index (χ0) is 36.7. The van der Waals surface area contributed by atoms with E-state index in [0.29, 0.717) is 63.5 Å². The van der Waals surface area contributed by atoms with E-state index in [2.05, 4.69) is 10.6 Å². The molecule has 0 unspecified atom stereocenters. The Balaban J connectivity index is 1.79. The Hall–Kier alpha value is -4.12. The van der Waals surface area contributed by atoms with Crippen LogP contribution in [0.1, 0.15) is 46.4 Å². The van der Waals surface area contributed by atoms with E-state index in [-0.39, 0.29) is 61.4 Å². The van der Waals surface area contributed by atoms with Gasteiger partial charge in [-0.3, -0.25) is 28.8 Å². The van der Waals surface area contributed by atoms with Crippen LogP contribution in [0.4, 0.5) is 0 Å². The molecule has 2 amide bonds. The third-order valence-electron chi connectivity index (χ3n) is 7.33. The summed E-state index contributed by atoms with van der Waals surface area (Å²) in [4.78, 5) is 77.2. The summed E-state index contributed by atoms with van der Waals surface area (Å²) in [6, 6.07) is 14.4. The monoisotopic (exact) mass is 734 g/mol. The Morgan fingerprint density at radius 1 is 0.480 bits per heavy atom. The molecule has 0 spiro atoms. The van der Waals surface area contributed by atoms with Crippen LogP contribution >= 0.6 is 21.6 Å². The topological polar surface area (TPSA) is 170 Å². The lowest BCUT2D eigenvalue weighted by atomic mass is 10.2. The highest BCUT2D eigenvalue weighted by molar-refractivity contribution is 8.76. The summed E-state index contributed by atoms with van der Waals surface area (Å²) in [6.07, 6.45) is 0.686. The molecule has 14 nitrogen and oxygen atoms in total. The fourth-order valence-corrected chi connectivity index (χ4v) is 6.29. The van der Waals surface area contributed by atoms with E-state index in [9.17, 15) is 28.8 Å². The number of carbonyl (C=O) groups is 6. The highest BCUT2D eigenvalue weighted by Crippen LogP contribution is 2.37. The number of rotatable bonds is 23. The summed E-state index contributed by atoms with van der Waals surface area (Å²) < 4.78 is 18.8. The minimum absolute atomic E-state index is 0.172. The normalized spacial score (nSPS) is 10.8. The highest BCUT2D eigenvalue weighted by Gasteiger charge is 2.14. The van der Waals surface area contributed by atoms with Gasteiger partial charge in [-0.1, -0.05) is 21.6 Å². The van der Waals surface area contributed by atoms with Gasteiger partial charge in [0.15, 0.2) is 0 Å². The van der Waals surface area contributed by atoms with Gasteiger partial charge in [0.2, 0.25) is 0 Å². The summed E-state index contributed by atoms with van der Waals surface area (Å²) >= 11 is 0. The minimum atomic E-state index is -0.353. The third kappa shape index (κ3) is 17.0. The van der Waals surface area contributed by atoms with Crippen LogP contribution in [-0.4, -0.2) is 126 Å². The standard InChI is InChI=1S/C34H46N4O10S2/c1-45-29(39)13-19-37(20-14-30(40)46-2)23-17-35-33(43)25-5-9-27(10-6-25)49-50-28-11-7-26(8-12-28)34(44)36-18-24-38(21-15-31(41)47-3)22-16-32(42)48-4/h5-12H,13-24H2,1-4H3,(H,35,43)(H,36,44). The molecule has 0 fully saturated rings. The van der Waals surface area contributed by atoms with Crippen molar-refractivity contribution in [2.75, 3.05) is 80.8 Å². The van der Waals surface area contributed by atoms with Gasteiger partial charge >= 0.3 is 23.9 Å². The molecule has 2 rings (SSSR count). The number of nitrogens with zero attached hydrogens (tertiary/aromatic N) is 2. The molecule has 0 heterocycles. The number of carbonyl (C=O) groups excluding carboxylic acids is 6. The third-order valence-corrected chi connectivity index (χ3v) is 9.75. The van der Waals surface area contributed by atoms with Gasteiger partial charge in [-0.25, -0.2) is 0 Å². The molecule has 274 valence electrons. The molecule has 0 aliphatic carbocycles. The van der Waals surface area contributed by atoms with Gasteiger partial charge in [-0.15, -0.1) is 0 Å². The molecule has 0 aliphatic rings. The average Bonchev–Trinajstić information content (AvgIpc) is 3.14. The lowest BCUT2D eigenvalue weighted by Crippen LogP contribution is -2.37. The number of nitrogens with one attached hydrogen (secondary N) is 2. The number of benzene rings is 2. The van der Waals surface area contributed by atoms with Crippen molar-refractivity contribution < 1.29 is 47.7 Å². The average molecular weight is 735 g/mol. The van der Waals surface area contributed by atoms with Crippen LogP contribution in [0.3, 0.4) is 0 Å². The molecule has 2 N–H and O–H groups in total. The van der Waals surface area contributed by atoms with Crippen molar-refractivity contribution in [1.29, 1.82) is 0 Å². The smallest absolute Gasteiger partial charge is 0.306 e. The van der Waals surface area contributed by atoms with Crippen LogP contribution in [0.25, 0.3) is 0 Å². The molecule has 0 aromatic heterocycles. The van der Waals surface area contributed by atoms with Crippen LogP contribution in [-0.2, 0) is 38.1 Å². The maximum Gasteiger partial charge on any atom is 0.306 e. The molecular formula is C34H46N4O10S2. The summed E-state index contributed by atoms with van der Waals surface area (Å²) in [5.74, 6) is -1.88. The second-order valence-corrected chi connectivity index (χ2v) is 13.0. The first-order valence-corrected chi connectivity index (χ1v) is 18.1. The number of esters is 4. The zero-order valence-electron chi connectivity index (χ0n) is 28.9. The number of hydrogen-bond acceptors (Lipinski definition) is 14. The Bertz CT molecular complexity index is 1250. The lowest BCUT2D eigenvalue weighted by molar-refractivity contribution is -0.142. The van der Waals surface area contributed by atoms with Gasteiger partial charge in [0.1, 0.15) is 0 Å². The zero-order valence-corrected chi connectivity index (χ0v) is 30.5. The molecule has 0 atom stereocenters. The predicted octanol–water partition coefficient (Wildman–Crippen LogP) is 2.80. The van der Waals surface area contributed by atoms with Crippen LogP contribution in [0.15, 0.2) is 58.3 Å². The molecule has 0 aliphatic heterocycles. The van der Waals surface area contributed by atoms with Crippen LogP contribution < -0.4 is 10.6 Å². The van der Waals surface area contributed by atoms with Gasteiger partial charge in [0.25, 0.3) is 11.8 Å². The summed E-state index contributed by atoms with van der Waals surface area (Å²) in [7, 11) is 8.30. The van der Waals surface area contributed by atoms with Gasteiger partial charge in [-0.2, -0.15) is 0 Å². The van der Waals surface area contributed by atoms with Crippen molar-refractivity contribution in [3.8, 4) is 0 Å². The Morgan fingerprint density at radius 3 is 1.02 bits per heavy atom. The van der Waals surface area contributed by atoms with E-state index < -0.39 is 0 Å². The van der Waals surface area contributed by atoms with E-state index in [0.717, 1.165) is 9.79 Å². The number of ether oxygens (including phenoxy) is 4. The van der Waals surface area contributed by atoms with E-state index in [1.54, 1.807) is 24.3 Å². The molecule has 2 aromatic rings. The first-order valence-electron chi connectivity index (χ1n) is 15.9. The van der Waals surface area contributed by atoms with E-state index in [1.807, 2.05) is 34.1 Å². The molecule has 0 radical (unpaired) electrons. The summed E-state index contributed by atoms with van der Waals surface area (Å²) in [6.45, 7) is 3.10. The molecule has 16 heteroatoms. The molecule has 50 heavy (non-hydrogen) atoms. The number of hydrogen-bond donors (Lipinski definition) is 2. The summed E-state index contributed by atoms with van der Waals surface area (Å²) in [5, 5.41) is 5.74. The Labute approximate surface area is 300 Å². The first kappa shape index (κ1) is 42.0. The molecule has 0 bridgehead atoms. The van der Waals surface area contributed by atoms with Crippen LogP contribution in [0, 0.1) is 0 Å². The number of methoxy groups -OCH3 is 4. The van der Waals surface area contributed by atoms with Crippen LogP contribution in [0.2, 0.25) is 0 Å². The molecule has 0 saturated carbocycles. The largest absolute Gasteiger partial charge is 0.469 e. The first-order chi connectivity index (χ1) is 24.1. The SMILES string of the molecule is COC(=O)CCN(CCNC(=O)c1ccc(SSc2ccc(C(=O)NCCN(CCC(=O)OC)CCC(=O)OC)cc2)cc1)CCC(=O)OC. The number of amides is 2. The minimum Gasteiger partial charge on any atom is -0.469 e. The van der Waals surface area contributed by atoms with Gasteiger partial charge < -0.3 is 39.4 Å². The van der Waals surface area contributed by atoms with Crippen molar-refractivity contribution in [2.24, 2.45) is 0 Å². The van der Waals surface area contributed by atoms with Crippen molar-refractivity contribution in [2.45, 2.75) is 35.5 Å². The quantitative estimate of drug-likeness (QED) is 0.0971. The van der Waals surface area contributed by atoms with Gasteiger partial charge in [-0.05, 0) is 48.5 Å². The fraction of sp³-hybridized carbons (Fsp3) is 0.471. The van der Waals surface area contributed by atoms with E-state index >= 15 is 0 Å². The molecule has 2 aromatic carbocycles. The van der Waals surface area contributed by atoms with E-state index in [1.165, 1.54) is 50.0 Å². The maximum absolute atomic E-state index is 12.7. The van der Waals surface area contributed by atoms with Crippen LogP contribution in [0.5, 0.6) is 0 Å². The van der Waals surface area contributed by atoms with Crippen molar-refractivity contribution >= 4 is 57.3 Å². The van der Waals surface area contributed by atoms with Crippen molar-refractivity contribution in [3.05, 3.63) is 59.7 Å². The molecular weight excluding hydrogens is 689 g/mol. The van der Waals surface area contributed by atoms with E-state index in [4.69, 9.17) is 18.9 Å². The van der Waals surface area contributed by atoms with Crippen molar-refractivity contribution in [3.63, 3.8) is 0 Å². The highest BCUT2D eigenvalue weighted by atomic mass is 33.1. The second-order valence-electron chi connectivity index (χ2n) is 10.7. The summed E-state index contributed by atoms with van der Waals surface area (Å²) in [5.41, 5.74) is 1.00.